The van der Waals surface area contributed by atoms with E-state index in [1.807, 2.05) is 51.1 Å². The molecule has 36 heavy (non-hydrogen) atoms. The van der Waals surface area contributed by atoms with Crippen LogP contribution in [-0.4, -0.2) is 36.6 Å². The van der Waals surface area contributed by atoms with Crippen molar-refractivity contribution in [2.24, 2.45) is 4.99 Å². The standard InChI is InChI=1S/C27H39FN4O.CH2F2/c1-5-8-10-15-24(22(28)7-3)31-23-14-12-11-13-21(23)26(29)19(4)20-16-17-25(33)32-27(20)30-18-9-6-2;2-1-3/h9,11-14,18,22,24,29,31H,5-8,10,15-17H2,1-4H3,(H,30,32,33);1H2/b18-9+,20-19+,29-26?;. The Kier molecular flexibility index (Phi) is 15.1. The number of carbonyl (C=O) groups is 1. The quantitative estimate of drug-likeness (QED) is 0.202. The van der Waals surface area contributed by atoms with E-state index in [9.17, 15) is 18.0 Å². The number of amidine groups is 1. The number of para-hydroxylation sites is 1. The zero-order valence-electron chi connectivity index (χ0n) is 22.0. The molecule has 1 aromatic rings. The molecule has 1 aromatic carbocycles. The Balaban J connectivity index is 0.00000205. The number of anilines is 1. The number of alkyl halides is 3. The number of nitrogens with one attached hydrogen (secondary N) is 3. The molecule has 2 unspecified atom stereocenters. The van der Waals surface area contributed by atoms with Crippen LogP contribution in [-0.2, 0) is 4.79 Å². The van der Waals surface area contributed by atoms with E-state index in [0.717, 1.165) is 54.5 Å². The minimum atomic E-state index is -1.75. The maximum Gasteiger partial charge on any atom is 0.229 e. The second-order valence-electron chi connectivity index (χ2n) is 8.61. The lowest BCUT2D eigenvalue weighted by Crippen LogP contribution is -2.37. The van der Waals surface area contributed by atoms with Crippen molar-refractivity contribution < 1.29 is 18.0 Å². The highest BCUT2D eigenvalue weighted by Crippen LogP contribution is 2.26. The minimum absolute atomic E-state index is 0.0627. The van der Waals surface area contributed by atoms with Crippen LogP contribution in [0.2, 0.25) is 0 Å². The van der Waals surface area contributed by atoms with Crippen molar-refractivity contribution in [2.75, 3.05) is 12.2 Å². The number of unbranched alkanes of at least 4 members (excludes halogenated alkanes) is 2. The van der Waals surface area contributed by atoms with E-state index >= 15 is 0 Å². The first kappa shape index (κ1) is 31.1. The normalized spacial score (nSPS) is 17.8. The molecule has 0 bridgehead atoms. The molecule has 1 heterocycles. The predicted molar refractivity (Wildman–Crippen MR) is 144 cm³/mol. The van der Waals surface area contributed by atoms with Gasteiger partial charge in [-0.1, -0.05) is 64.3 Å². The van der Waals surface area contributed by atoms with Crippen LogP contribution in [0.1, 0.15) is 84.6 Å². The summed E-state index contributed by atoms with van der Waals surface area (Å²) < 4.78 is 34.0. The molecule has 1 amide bonds. The van der Waals surface area contributed by atoms with Crippen molar-refractivity contribution in [3.05, 3.63) is 53.3 Å². The van der Waals surface area contributed by atoms with Gasteiger partial charge in [0.2, 0.25) is 12.8 Å². The van der Waals surface area contributed by atoms with E-state index in [0.29, 0.717) is 30.8 Å². The number of halogens is 3. The van der Waals surface area contributed by atoms with Gasteiger partial charge in [-0.3, -0.25) is 10.2 Å². The van der Waals surface area contributed by atoms with Crippen LogP contribution in [0.15, 0.2) is 52.7 Å². The van der Waals surface area contributed by atoms with E-state index in [4.69, 9.17) is 5.41 Å². The second-order valence-corrected chi connectivity index (χ2v) is 8.61. The summed E-state index contributed by atoms with van der Waals surface area (Å²) in [5.41, 5.74) is 3.49. The van der Waals surface area contributed by atoms with E-state index in [-0.39, 0.29) is 11.9 Å². The minimum Gasteiger partial charge on any atom is -0.379 e. The summed E-state index contributed by atoms with van der Waals surface area (Å²) in [5.74, 6) is 0.447. The van der Waals surface area contributed by atoms with E-state index < -0.39 is 13.1 Å². The monoisotopic (exact) mass is 506 g/mol. The fourth-order valence-electron chi connectivity index (χ4n) is 3.96. The molecule has 200 valence electrons. The van der Waals surface area contributed by atoms with E-state index in [2.05, 4.69) is 22.5 Å². The number of allylic oxidation sites excluding steroid dienone is 2. The van der Waals surface area contributed by atoms with Crippen LogP contribution >= 0.6 is 0 Å². The third-order valence-electron chi connectivity index (χ3n) is 6.00. The molecule has 0 saturated carbocycles. The van der Waals surface area contributed by atoms with Gasteiger partial charge < -0.3 is 10.6 Å². The maximum atomic E-state index is 14.7. The summed E-state index contributed by atoms with van der Waals surface area (Å²) in [6.45, 7) is 6.18. The number of hydrogen-bond acceptors (Lipinski definition) is 4. The van der Waals surface area contributed by atoms with Gasteiger partial charge in [0.05, 0.1) is 11.8 Å². The maximum absolute atomic E-state index is 14.7. The lowest BCUT2D eigenvalue weighted by atomic mass is 9.92. The van der Waals surface area contributed by atoms with Crippen molar-refractivity contribution in [1.82, 2.24) is 5.32 Å². The molecular formula is C28H41F3N4O. The van der Waals surface area contributed by atoms with Crippen LogP contribution < -0.4 is 10.6 Å². The molecule has 2 atom stereocenters. The van der Waals surface area contributed by atoms with Gasteiger partial charge in [-0.15, -0.1) is 0 Å². The lowest BCUT2D eigenvalue weighted by Gasteiger charge is -2.25. The van der Waals surface area contributed by atoms with Gasteiger partial charge in [0.25, 0.3) is 0 Å². The third-order valence-corrected chi connectivity index (χ3v) is 6.00. The number of benzene rings is 1. The molecular weight excluding hydrogens is 465 g/mol. The highest BCUT2D eigenvalue weighted by atomic mass is 19.3. The Labute approximate surface area is 213 Å². The number of hydrogen-bond donors (Lipinski definition) is 3. The number of rotatable bonds is 12. The smallest absolute Gasteiger partial charge is 0.229 e. The highest BCUT2D eigenvalue weighted by molar-refractivity contribution is 6.20. The molecule has 5 nitrogen and oxygen atoms in total. The van der Waals surface area contributed by atoms with Gasteiger partial charge in [-0.05, 0) is 44.2 Å². The molecule has 1 fully saturated rings. The van der Waals surface area contributed by atoms with Gasteiger partial charge in [0.1, 0.15) is 12.0 Å². The Hall–Kier alpha value is -2.90. The summed E-state index contributed by atoms with van der Waals surface area (Å²) in [4.78, 5) is 16.4. The first-order valence-corrected chi connectivity index (χ1v) is 12.8. The summed E-state index contributed by atoms with van der Waals surface area (Å²) in [5, 5.41) is 15.2. The molecule has 1 saturated heterocycles. The van der Waals surface area contributed by atoms with Gasteiger partial charge in [-0.25, -0.2) is 18.2 Å². The number of amides is 1. The fraction of sp³-hybridized carbons (Fsp3) is 0.536. The van der Waals surface area contributed by atoms with Gasteiger partial charge in [0.15, 0.2) is 0 Å². The Bertz CT molecular complexity index is 927. The first-order valence-electron chi connectivity index (χ1n) is 12.8. The molecule has 0 radical (unpaired) electrons. The van der Waals surface area contributed by atoms with Crippen molar-refractivity contribution in [2.45, 2.75) is 91.3 Å². The zero-order valence-corrected chi connectivity index (χ0v) is 22.0. The Morgan fingerprint density at radius 1 is 1.19 bits per heavy atom. The van der Waals surface area contributed by atoms with Crippen LogP contribution in [0, 0.1) is 5.41 Å². The molecule has 0 spiro atoms. The Morgan fingerprint density at radius 2 is 1.89 bits per heavy atom. The van der Waals surface area contributed by atoms with E-state index in [1.54, 1.807) is 6.20 Å². The first-order chi connectivity index (χ1) is 17.3. The number of aliphatic imine (C=N–C) groups is 1. The number of piperidine rings is 1. The van der Waals surface area contributed by atoms with Gasteiger partial charge in [-0.2, -0.15) is 0 Å². The number of carbonyl (C=O) groups excluding carboxylic acids is 1. The number of nitrogens with zero attached hydrogens (tertiary/aromatic N) is 1. The van der Waals surface area contributed by atoms with Crippen molar-refractivity contribution in [3.8, 4) is 0 Å². The highest BCUT2D eigenvalue weighted by Gasteiger charge is 2.24. The molecule has 0 aromatic heterocycles. The van der Waals surface area contributed by atoms with Gasteiger partial charge >= 0.3 is 0 Å². The van der Waals surface area contributed by atoms with Crippen molar-refractivity contribution in [3.63, 3.8) is 0 Å². The zero-order chi connectivity index (χ0) is 26.9. The largest absolute Gasteiger partial charge is 0.379 e. The average Bonchev–Trinajstić information content (AvgIpc) is 2.88. The summed E-state index contributed by atoms with van der Waals surface area (Å²) in [6, 6.07) is 7.33. The summed E-state index contributed by atoms with van der Waals surface area (Å²) in [6.07, 6.45) is 8.80. The molecule has 2 rings (SSSR count). The summed E-state index contributed by atoms with van der Waals surface area (Å²) in [7, 11) is 0. The van der Waals surface area contributed by atoms with Gasteiger partial charge in [0, 0.05) is 29.4 Å². The third kappa shape index (κ3) is 9.99. The summed E-state index contributed by atoms with van der Waals surface area (Å²) >= 11 is 0. The topological polar surface area (TPSA) is 77.3 Å². The van der Waals surface area contributed by atoms with Crippen LogP contribution in [0.3, 0.4) is 0 Å². The van der Waals surface area contributed by atoms with Crippen LogP contribution in [0.25, 0.3) is 0 Å². The van der Waals surface area contributed by atoms with Crippen LogP contribution in [0.5, 0.6) is 0 Å². The molecule has 8 heteroatoms. The second kappa shape index (κ2) is 17.5. The molecule has 3 N–H and O–H groups in total. The SMILES string of the molecule is CC/C=C/N=C1\NC(=O)CC\C1=C(\C)C(=N)c1ccccc1NC(CCCCC)C(F)CC.FCF. The average molecular weight is 507 g/mol. The molecule has 1 aliphatic rings. The Morgan fingerprint density at radius 3 is 2.53 bits per heavy atom. The lowest BCUT2D eigenvalue weighted by molar-refractivity contribution is -0.119. The van der Waals surface area contributed by atoms with Crippen molar-refractivity contribution in [1.29, 1.82) is 5.41 Å². The molecule has 0 aliphatic carbocycles. The van der Waals surface area contributed by atoms with E-state index in [1.165, 1.54) is 0 Å². The molecule has 1 aliphatic heterocycles. The fourth-order valence-corrected chi connectivity index (χ4v) is 3.96. The van der Waals surface area contributed by atoms with Crippen molar-refractivity contribution >= 4 is 23.1 Å². The predicted octanol–water partition coefficient (Wildman–Crippen LogP) is 7.59. The van der Waals surface area contributed by atoms with Crippen LogP contribution in [0.4, 0.5) is 18.9 Å².